The van der Waals surface area contributed by atoms with Gasteiger partial charge >= 0.3 is 5.76 Å². The van der Waals surface area contributed by atoms with Gasteiger partial charge in [-0.1, -0.05) is 12.1 Å². The zero-order valence-electron chi connectivity index (χ0n) is 10.9. The number of benzene rings is 1. The van der Waals surface area contributed by atoms with Crippen LogP contribution in [-0.4, -0.2) is 41.4 Å². The minimum Gasteiger partial charge on any atom is -0.373 e. The maximum atomic E-state index is 12.6. The number of para-hydroxylation sites is 1. The molecule has 19 heavy (non-hydrogen) atoms. The quantitative estimate of drug-likeness (QED) is 0.778. The number of hydrogen-bond donors (Lipinski definition) is 1. The van der Waals surface area contributed by atoms with Crippen molar-refractivity contribution in [3.63, 3.8) is 0 Å². The topological polar surface area (TPSA) is 49.4 Å². The molecule has 1 rings (SSSR count). The van der Waals surface area contributed by atoms with E-state index in [-0.39, 0.29) is 4.90 Å². The van der Waals surface area contributed by atoms with E-state index >= 15 is 0 Å². The van der Waals surface area contributed by atoms with Crippen LogP contribution in [0.3, 0.4) is 0 Å². The summed E-state index contributed by atoms with van der Waals surface area (Å²) in [6, 6.07) is 5.83. The number of alkyl halides is 2. The first-order valence-corrected chi connectivity index (χ1v) is 7.42. The molecule has 1 aromatic carbocycles. The molecule has 0 unspecified atom stereocenters. The zero-order chi connectivity index (χ0) is 14.5. The first-order chi connectivity index (χ1) is 8.91. The van der Waals surface area contributed by atoms with Crippen molar-refractivity contribution in [1.82, 2.24) is 5.32 Å². The Balaban J connectivity index is 3.03. The molecule has 0 heterocycles. The fraction of sp³-hybridized carbons (Fsp3) is 0.500. The van der Waals surface area contributed by atoms with E-state index < -0.39 is 15.6 Å². The van der Waals surface area contributed by atoms with E-state index in [9.17, 15) is 17.2 Å². The fourth-order valence-corrected chi connectivity index (χ4v) is 2.70. The Morgan fingerprint density at radius 1 is 1.32 bits per heavy atom. The van der Waals surface area contributed by atoms with E-state index in [0.717, 1.165) is 13.0 Å². The van der Waals surface area contributed by atoms with Gasteiger partial charge in [0.25, 0.3) is 0 Å². The summed E-state index contributed by atoms with van der Waals surface area (Å²) in [6.45, 7) is 1.35. The third kappa shape index (κ3) is 3.87. The Morgan fingerprint density at radius 2 is 1.95 bits per heavy atom. The Kier molecular flexibility index (Phi) is 5.68. The molecule has 0 aliphatic rings. The monoisotopic (exact) mass is 292 g/mol. The third-order valence-electron chi connectivity index (χ3n) is 2.74. The molecule has 0 fully saturated rings. The van der Waals surface area contributed by atoms with Crippen LogP contribution in [0.1, 0.15) is 6.42 Å². The van der Waals surface area contributed by atoms with Crippen LogP contribution in [0.4, 0.5) is 14.5 Å². The molecule has 1 aromatic rings. The van der Waals surface area contributed by atoms with Gasteiger partial charge in [-0.15, -0.1) is 0 Å². The Hall–Kier alpha value is -1.21. The van der Waals surface area contributed by atoms with Gasteiger partial charge in [-0.2, -0.15) is 8.78 Å². The van der Waals surface area contributed by atoms with Crippen LogP contribution in [0, 0.1) is 0 Å². The number of halogens is 2. The highest BCUT2D eigenvalue weighted by Crippen LogP contribution is 2.28. The predicted molar refractivity (Wildman–Crippen MR) is 71.4 cm³/mol. The lowest BCUT2D eigenvalue weighted by molar-refractivity contribution is 0.235. The normalized spacial score (nSPS) is 11.8. The highest BCUT2D eigenvalue weighted by Gasteiger charge is 2.29. The fourth-order valence-electron chi connectivity index (χ4n) is 1.72. The molecule has 0 aliphatic heterocycles. The minimum atomic E-state index is -4.57. The van der Waals surface area contributed by atoms with Crippen LogP contribution in [-0.2, 0) is 9.84 Å². The van der Waals surface area contributed by atoms with E-state index in [4.69, 9.17) is 0 Å². The first-order valence-electron chi connectivity index (χ1n) is 5.88. The molecule has 0 atom stereocenters. The molecule has 0 spiro atoms. The summed E-state index contributed by atoms with van der Waals surface area (Å²) in [5, 5.41) is 2.97. The molecular formula is C12H18F2N2O2S. The Bertz CT molecular complexity index is 506. The molecule has 108 valence electrons. The van der Waals surface area contributed by atoms with Gasteiger partial charge in [-0.05, 0) is 32.1 Å². The van der Waals surface area contributed by atoms with Gasteiger partial charge in [0.05, 0.1) is 10.6 Å². The maximum absolute atomic E-state index is 12.6. The minimum absolute atomic E-state index is 0.305. The summed E-state index contributed by atoms with van der Waals surface area (Å²) in [4.78, 5) is 1.35. The lowest BCUT2D eigenvalue weighted by Gasteiger charge is -2.22. The molecule has 0 saturated carbocycles. The highest BCUT2D eigenvalue weighted by molar-refractivity contribution is 7.91. The summed E-state index contributed by atoms with van der Waals surface area (Å²) in [5.41, 5.74) is 0.305. The van der Waals surface area contributed by atoms with Crippen molar-refractivity contribution in [2.24, 2.45) is 0 Å². The van der Waals surface area contributed by atoms with Crippen molar-refractivity contribution >= 4 is 15.5 Å². The molecule has 0 amide bonds. The number of nitrogens with zero attached hydrogens (tertiary/aromatic N) is 1. The number of anilines is 1. The average Bonchev–Trinajstić information content (AvgIpc) is 2.38. The van der Waals surface area contributed by atoms with Crippen molar-refractivity contribution in [2.75, 3.05) is 32.1 Å². The van der Waals surface area contributed by atoms with Crippen molar-refractivity contribution in [3.8, 4) is 0 Å². The second-order valence-electron chi connectivity index (χ2n) is 4.15. The smallest absolute Gasteiger partial charge is 0.341 e. The van der Waals surface area contributed by atoms with E-state index in [2.05, 4.69) is 5.32 Å². The van der Waals surface area contributed by atoms with Crippen LogP contribution in [0.15, 0.2) is 29.2 Å². The predicted octanol–water partition coefficient (Wildman–Crippen LogP) is 1.73. The second-order valence-corrected chi connectivity index (χ2v) is 6.04. The largest absolute Gasteiger partial charge is 0.373 e. The number of rotatable bonds is 7. The van der Waals surface area contributed by atoms with Gasteiger partial charge in [0.15, 0.2) is 0 Å². The summed E-state index contributed by atoms with van der Waals surface area (Å²) in [6.07, 6.45) is 0.788. The van der Waals surface area contributed by atoms with Gasteiger partial charge in [0, 0.05) is 13.6 Å². The van der Waals surface area contributed by atoms with Crippen molar-refractivity contribution in [3.05, 3.63) is 24.3 Å². The van der Waals surface area contributed by atoms with E-state index in [1.54, 1.807) is 18.0 Å². The van der Waals surface area contributed by atoms with E-state index in [0.29, 0.717) is 12.2 Å². The van der Waals surface area contributed by atoms with Crippen molar-refractivity contribution in [2.45, 2.75) is 17.1 Å². The Labute approximate surface area is 112 Å². The second kappa shape index (κ2) is 6.81. The Morgan fingerprint density at radius 3 is 2.53 bits per heavy atom. The SMILES string of the molecule is CNCCCN(C)c1ccccc1S(=O)(=O)C(F)F. The zero-order valence-corrected chi connectivity index (χ0v) is 11.8. The van der Waals surface area contributed by atoms with E-state index in [1.165, 1.54) is 18.2 Å². The number of hydrogen-bond acceptors (Lipinski definition) is 4. The number of sulfone groups is 1. The lowest BCUT2D eigenvalue weighted by atomic mass is 10.3. The molecule has 0 bridgehead atoms. The molecule has 0 radical (unpaired) electrons. The molecule has 0 aromatic heterocycles. The molecule has 0 saturated heterocycles. The number of nitrogens with one attached hydrogen (secondary N) is 1. The summed E-state index contributed by atoms with van der Waals surface area (Å²) in [5.74, 6) is -3.40. The van der Waals surface area contributed by atoms with Crippen LogP contribution >= 0.6 is 0 Å². The molecular weight excluding hydrogens is 274 g/mol. The van der Waals surface area contributed by atoms with Gasteiger partial charge in [-0.3, -0.25) is 0 Å². The summed E-state index contributed by atoms with van der Waals surface area (Å²) >= 11 is 0. The molecule has 0 aliphatic carbocycles. The average molecular weight is 292 g/mol. The standard InChI is InChI=1S/C12H18F2N2O2S/c1-15-8-5-9-16(2)10-6-3-4-7-11(10)19(17,18)12(13)14/h3-4,6-7,12,15H,5,8-9H2,1-2H3. The van der Waals surface area contributed by atoms with Crippen LogP contribution in [0.25, 0.3) is 0 Å². The van der Waals surface area contributed by atoms with Crippen LogP contribution in [0.5, 0.6) is 0 Å². The maximum Gasteiger partial charge on any atom is 0.341 e. The summed E-state index contributed by atoms with van der Waals surface area (Å²) < 4.78 is 48.5. The molecule has 7 heteroatoms. The van der Waals surface area contributed by atoms with Gasteiger partial charge in [-0.25, -0.2) is 8.42 Å². The van der Waals surface area contributed by atoms with Crippen molar-refractivity contribution < 1.29 is 17.2 Å². The van der Waals surface area contributed by atoms with Crippen LogP contribution in [0.2, 0.25) is 0 Å². The molecule has 1 N–H and O–H groups in total. The van der Waals surface area contributed by atoms with Gasteiger partial charge in [0.2, 0.25) is 9.84 Å². The lowest BCUT2D eigenvalue weighted by Crippen LogP contribution is -2.24. The molecule has 4 nitrogen and oxygen atoms in total. The van der Waals surface area contributed by atoms with Crippen LogP contribution < -0.4 is 10.2 Å². The van der Waals surface area contributed by atoms with E-state index in [1.807, 2.05) is 7.05 Å². The third-order valence-corrected chi connectivity index (χ3v) is 4.17. The highest BCUT2D eigenvalue weighted by atomic mass is 32.2. The van der Waals surface area contributed by atoms with Gasteiger partial charge < -0.3 is 10.2 Å². The van der Waals surface area contributed by atoms with Crippen molar-refractivity contribution in [1.29, 1.82) is 0 Å². The first kappa shape index (κ1) is 15.8. The summed E-state index contributed by atoms with van der Waals surface area (Å²) in [7, 11) is -1.07. The van der Waals surface area contributed by atoms with Gasteiger partial charge in [0.1, 0.15) is 0 Å².